The molecule has 0 radical (unpaired) electrons. The lowest BCUT2D eigenvalue weighted by molar-refractivity contribution is 0.207. The molecule has 2 aromatic heterocycles. The number of aromatic nitrogens is 2. The number of anilines is 1. The number of hydrogen-bond donors (Lipinski definition) is 0. The highest BCUT2D eigenvalue weighted by Gasteiger charge is 2.29. The number of benzene rings is 1. The summed E-state index contributed by atoms with van der Waals surface area (Å²) in [6.07, 6.45) is 9.09. The van der Waals surface area contributed by atoms with E-state index in [-0.39, 0.29) is 0 Å². The number of likely N-dealkylation sites (tertiary alicyclic amines) is 1. The van der Waals surface area contributed by atoms with Gasteiger partial charge in [0.05, 0.1) is 11.1 Å². The summed E-state index contributed by atoms with van der Waals surface area (Å²) in [5.74, 6) is 1.47. The van der Waals surface area contributed by atoms with Crippen LogP contribution in [-0.4, -0.2) is 47.1 Å². The van der Waals surface area contributed by atoms with Crippen molar-refractivity contribution in [2.75, 3.05) is 31.1 Å². The normalized spacial score (nSPS) is 16.5. The third-order valence-corrected chi connectivity index (χ3v) is 8.62. The van der Waals surface area contributed by atoms with Crippen LogP contribution in [0.2, 0.25) is 0 Å². The van der Waals surface area contributed by atoms with Gasteiger partial charge < -0.3 is 9.80 Å². The van der Waals surface area contributed by atoms with Gasteiger partial charge in [0.1, 0.15) is 23.0 Å². The lowest BCUT2D eigenvalue weighted by Crippen LogP contribution is -2.44. The number of hydrogen-bond acceptors (Lipinski definition) is 7. The minimum atomic E-state index is 0.548. The summed E-state index contributed by atoms with van der Waals surface area (Å²) in [6, 6.07) is 17.9. The van der Waals surface area contributed by atoms with E-state index >= 15 is 0 Å². The van der Waals surface area contributed by atoms with Crippen molar-refractivity contribution >= 4 is 17.6 Å². The van der Waals surface area contributed by atoms with Gasteiger partial charge in [-0.1, -0.05) is 37.3 Å². The maximum absolute atomic E-state index is 10.1. The zero-order chi connectivity index (χ0) is 25.6. The molecule has 0 amide bonds. The van der Waals surface area contributed by atoms with E-state index in [4.69, 9.17) is 4.98 Å². The second-order valence-electron chi connectivity index (χ2n) is 9.73. The molecule has 0 spiro atoms. The highest BCUT2D eigenvalue weighted by Crippen LogP contribution is 2.35. The molecule has 6 nitrogen and oxygen atoms in total. The van der Waals surface area contributed by atoms with E-state index in [0.29, 0.717) is 29.3 Å². The first-order chi connectivity index (χ1) is 18.2. The fourth-order valence-electron chi connectivity index (χ4n) is 5.54. The second-order valence-corrected chi connectivity index (χ2v) is 10.7. The van der Waals surface area contributed by atoms with Crippen molar-refractivity contribution in [3.63, 3.8) is 0 Å². The van der Waals surface area contributed by atoms with Gasteiger partial charge in [0.2, 0.25) is 0 Å². The summed E-state index contributed by atoms with van der Waals surface area (Å²) >= 11 is 1.58. The SMILES string of the molecule is CCc1c(C#N)c(SCc2ccc(-c3cccnc3)cc2)nc(N2CCC(N3CCCC3)CC2)c1C#N. The maximum Gasteiger partial charge on any atom is 0.148 e. The number of pyridine rings is 2. The van der Waals surface area contributed by atoms with Crippen molar-refractivity contribution in [1.82, 2.24) is 14.9 Å². The Morgan fingerprint density at radius 1 is 0.946 bits per heavy atom. The minimum Gasteiger partial charge on any atom is -0.355 e. The van der Waals surface area contributed by atoms with E-state index < -0.39 is 0 Å². The average Bonchev–Trinajstić information content (AvgIpc) is 3.51. The monoisotopic (exact) mass is 508 g/mol. The zero-order valence-corrected chi connectivity index (χ0v) is 22.2. The molecule has 0 unspecified atom stereocenters. The molecule has 4 heterocycles. The van der Waals surface area contributed by atoms with Gasteiger partial charge in [-0.15, -0.1) is 11.8 Å². The third-order valence-electron chi connectivity index (χ3n) is 7.57. The Bertz CT molecular complexity index is 1300. The molecule has 2 aliphatic heterocycles. The smallest absolute Gasteiger partial charge is 0.148 e. The Hall–Kier alpha value is -3.39. The van der Waals surface area contributed by atoms with Gasteiger partial charge in [-0.05, 0) is 73.5 Å². The van der Waals surface area contributed by atoms with Crippen molar-refractivity contribution in [1.29, 1.82) is 10.5 Å². The molecule has 37 heavy (non-hydrogen) atoms. The summed E-state index contributed by atoms with van der Waals surface area (Å²) < 4.78 is 0. The summed E-state index contributed by atoms with van der Waals surface area (Å²) in [4.78, 5) is 14.1. The molecule has 2 saturated heterocycles. The number of nitriles is 2. The van der Waals surface area contributed by atoms with Gasteiger partial charge in [-0.2, -0.15) is 10.5 Å². The number of nitrogens with zero attached hydrogens (tertiary/aromatic N) is 6. The minimum absolute atomic E-state index is 0.548. The van der Waals surface area contributed by atoms with Gasteiger partial charge in [0.15, 0.2) is 0 Å². The number of piperidine rings is 1. The summed E-state index contributed by atoms with van der Waals surface area (Å²) in [5, 5.41) is 20.8. The standard InChI is InChI=1S/C30H32N6S/c1-2-26-27(18-31)29(36-16-11-25(12-17-36)35-14-3-4-15-35)34-30(28(26)19-32)37-21-22-7-9-23(10-8-22)24-6-5-13-33-20-24/h5-10,13,20,25H,2-4,11-12,14-17,21H2,1H3. The highest BCUT2D eigenvalue weighted by atomic mass is 32.2. The van der Waals surface area contributed by atoms with Crippen LogP contribution in [0.4, 0.5) is 5.82 Å². The molecule has 1 aromatic carbocycles. The van der Waals surface area contributed by atoms with Crippen LogP contribution in [0.5, 0.6) is 0 Å². The third kappa shape index (κ3) is 5.49. The van der Waals surface area contributed by atoms with Gasteiger partial charge in [0, 0.05) is 37.3 Å². The first kappa shape index (κ1) is 25.3. The van der Waals surface area contributed by atoms with E-state index in [1.807, 2.05) is 19.2 Å². The number of rotatable bonds is 7. The molecule has 0 bridgehead atoms. The summed E-state index contributed by atoms with van der Waals surface area (Å²) in [7, 11) is 0. The van der Waals surface area contributed by atoms with Crippen molar-refractivity contribution < 1.29 is 0 Å². The Kier molecular flexibility index (Phi) is 8.04. The molecule has 2 aliphatic rings. The molecule has 5 rings (SSSR count). The van der Waals surface area contributed by atoms with E-state index in [2.05, 4.69) is 57.3 Å². The average molecular weight is 509 g/mol. The maximum atomic E-state index is 10.1. The largest absolute Gasteiger partial charge is 0.355 e. The first-order valence-corrected chi connectivity index (χ1v) is 14.2. The molecule has 2 fully saturated rings. The van der Waals surface area contributed by atoms with Crippen LogP contribution in [0.3, 0.4) is 0 Å². The Morgan fingerprint density at radius 2 is 1.68 bits per heavy atom. The highest BCUT2D eigenvalue weighted by molar-refractivity contribution is 7.98. The van der Waals surface area contributed by atoms with Gasteiger partial charge in [-0.3, -0.25) is 4.98 Å². The zero-order valence-electron chi connectivity index (χ0n) is 21.4. The Balaban J connectivity index is 1.36. The molecule has 188 valence electrons. The van der Waals surface area contributed by atoms with E-state index in [9.17, 15) is 10.5 Å². The van der Waals surface area contributed by atoms with Crippen LogP contribution in [0, 0.1) is 22.7 Å². The van der Waals surface area contributed by atoms with Crippen LogP contribution in [-0.2, 0) is 12.2 Å². The Labute approximate surface area is 224 Å². The molecular weight excluding hydrogens is 476 g/mol. The fraction of sp³-hybridized carbons (Fsp3) is 0.400. The molecule has 0 aliphatic carbocycles. The van der Waals surface area contributed by atoms with Gasteiger partial charge in [0.25, 0.3) is 0 Å². The van der Waals surface area contributed by atoms with Crippen LogP contribution in [0.15, 0.2) is 53.8 Å². The van der Waals surface area contributed by atoms with E-state index in [0.717, 1.165) is 53.5 Å². The number of thioether (sulfide) groups is 1. The van der Waals surface area contributed by atoms with Crippen LogP contribution >= 0.6 is 11.8 Å². The molecule has 0 saturated carbocycles. The summed E-state index contributed by atoms with van der Waals surface area (Å²) in [6.45, 7) is 6.25. The molecule has 7 heteroatoms. The second kappa shape index (κ2) is 11.8. The van der Waals surface area contributed by atoms with Crippen LogP contribution in [0.25, 0.3) is 11.1 Å². The quantitative estimate of drug-likeness (QED) is 0.373. The topological polar surface area (TPSA) is 79.8 Å². The molecule has 0 atom stereocenters. The van der Waals surface area contributed by atoms with Crippen molar-refractivity contribution in [3.05, 3.63) is 71.0 Å². The van der Waals surface area contributed by atoms with Crippen LogP contribution < -0.4 is 4.90 Å². The molecule has 0 N–H and O–H groups in total. The van der Waals surface area contributed by atoms with Crippen molar-refractivity contribution in [2.45, 2.75) is 55.8 Å². The summed E-state index contributed by atoms with van der Waals surface area (Å²) in [5.41, 5.74) is 5.33. The predicted molar refractivity (Wildman–Crippen MR) is 148 cm³/mol. The predicted octanol–water partition coefficient (Wildman–Crippen LogP) is 5.81. The lowest BCUT2D eigenvalue weighted by atomic mass is 9.99. The molecule has 3 aromatic rings. The first-order valence-electron chi connectivity index (χ1n) is 13.2. The van der Waals surface area contributed by atoms with Gasteiger partial charge in [-0.25, -0.2) is 4.98 Å². The van der Waals surface area contributed by atoms with E-state index in [1.54, 1.807) is 18.0 Å². The van der Waals surface area contributed by atoms with E-state index in [1.165, 1.54) is 31.5 Å². The van der Waals surface area contributed by atoms with Crippen LogP contribution in [0.1, 0.15) is 54.9 Å². The van der Waals surface area contributed by atoms with Crippen molar-refractivity contribution in [3.8, 4) is 23.3 Å². The van der Waals surface area contributed by atoms with Crippen molar-refractivity contribution in [2.24, 2.45) is 0 Å². The Morgan fingerprint density at radius 3 is 2.30 bits per heavy atom. The lowest BCUT2D eigenvalue weighted by Gasteiger charge is -2.37. The van der Waals surface area contributed by atoms with Gasteiger partial charge >= 0.3 is 0 Å². The molecular formula is C30H32N6S. The fourth-order valence-corrected chi connectivity index (χ4v) is 6.50.